The van der Waals surface area contributed by atoms with Gasteiger partial charge in [0.05, 0.1) is 16.7 Å². The van der Waals surface area contributed by atoms with Crippen LogP contribution in [0.5, 0.6) is 0 Å². The molecule has 47 heavy (non-hydrogen) atoms. The minimum atomic E-state index is -1.93. The molecule has 1 saturated heterocycles. The minimum Gasteiger partial charge on any atom is -0.459 e. The molecule has 1 fully saturated rings. The van der Waals surface area contributed by atoms with Gasteiger partial charge < -0.3 is 18.9 Å². The molecule has 0 aliphatic carbocycles. The summed E-state index contributed by atoms with van der Waals surface area (Å²) in [6.07, 6.45) is -4.20. The lowest BCUT2D eigenvalue weighted by Crippen LogP contribution is -2.43. The molecule has 11 nitrogen and oxygen atoms in total. The van der Waals surface area contributed by atoms with Gasteiger partial charge in [-0.25, -0.2) is 19.2 Å². The number of nitrogens with one attached hydrogen (secondary N) is 1. The lowest BCUT2D eigenvalue weighted by atomic mass is 10.1. The second-order valence-electron chi connectivity index (χ2n) is 11.7. The molecule has 0 saturated carbocycles. The molecule has 5 rings (SSSR count). The zero-order valence-corrected chi connectivity index (χ0v) is 26.9. The highest BCUT2D eigenvalue weighted by atomic mass is 28.3. The van der Waals surface area contributed by atoms with Crippen molar-refractivity contribution in [2.75, 3.05) is 6.61 Å². The summed E-state index contributed by atoms with van der Waals surface area (Å²) in [6, 6.07) is 24.4. The summed E-state index contributed by atoms with van der Waals surface area (Å²) >= 11 is 0. The fourth-order valence-electron chi connectivity index (χ4n) is 4.70. The number of nitrogens with zero attached hydrogens (tertiary/aromatic N) is 1. The van der Waals surface area contributed by atoms with Crippen LogP contribution in [0.1, 0.15) is 42.9 Å². The van der Waals surface area contributed by atoms with Gasteiger partial charge in [0.1, 0.15) is 26.3 Å². The van der Waals surface area contributed by atoms with Crippen molar-refractivity contribution < 1.29 is 33.3 Å². The van der Waals surface area contributed by atoms with E-state index in [-0.39, 0.29) is 22.3 Å². The lowest BCUT2D eigenvalue weighted by molar-refractivity contribution is -0.0640. The fourth-order valence-corrected chi connectivity index (χ4v) is 5.21. The standard InChI is InChI=1S/C35H32N2O9Si/c1-47(2,3)20-19-26-21-37(35(42)36-30(26)38)31-29(46-34(41)25-17-11-6-12-18-25)28(45-33(40)24-15-9-5-10-16-24)27(44-31)22-43-32(39)23-13-7-4-8-14-23/h4-18,21,27-29,31H,22H2,1-3H3,(H,36,38,42)/t27-,28-,29+,31-/m0/s1. The van der Waals surface area contributed by atoms with Crippen LogP contribution in [0, 0.1) is 11.5 Å². The fraction of sp³-hybridized carbons (Fsp3) is 0.229. The Hall–Kier alpha value is -5.51. The molecule has 0 amide bonds. The van der Waals surface area contributed by atoms with Crippen LogP contribution in [0.3, 0.4) is 0 Å². The van der Waals surface area contributed by atoms with E-state index in [0.717, 1.165) is 4.57 Å². The van der Waals surface area contributed by atoms with Crippen LogP contribution < -0.4 is 11.2 Å². The first-order valence-electron chi connectivity index (χ1n) is 14.8. The Balaban J connectivity index is 1.57. The van der Waals surface area contributed by atoms with Crippen LogP contribution in [0.4, 0.5) is 0 Å². The number of rotatable bonds is 8. The van der Waals surface area contributed by atoms with Gasteiger partial charge in [0.2, 0.25) is 0 Å². The van der Waals surface area contributed by atoms with Gasteiger partial charge in [-0.05, 0) is 36.4 Å². The van der Waals surface area contributed by atoms with Crippen molar-refractivity contribution in [3.63, 3.8) is 0 Å². The van der Waals surface area contributed by atoms with Gasteiger partial charge in [0.25, 0.3) is 5.56 Å². The monoisotopic (exact) mass is 652 g/mol. The topological polar surface area (TPSA) is 143 Å². The van der Waals surface area contributed by atoms with E-state index in [2.05, 4.69) is 16.4 Å². The van der Waals surface area contributed by atoms with Crippen LogP contribution in [0.15, 0.2) is 107 Å². The molecule has 3 aromatic carbocycles. The van der Waals surface area contributed by atoms with Gasteiger partial charge >= 0.3 is 23.6 Å². The van der Waals surface area contributed by atoms with Crippen molar-refractivity contribution in [2.24, 2.45) is 0 Å². The number of hydrogen-bond acceptors (Lipinski definition) is 9. The zero-order chi connectivity index (χ0) is 33.6. The van der Waals surface area contributed by atoms with Crippen molar-refractivity contribution in [3.8, 4) is 11.5 Å². The first kappa shape index (κ1) is 32.9. The number of aromatic amines is 1. The molecular formula is C35H32N2O9Si. The minimum absolute atomic E-state index is 0.0134. The predicted octanol–water partition coefficient (Wildman–Crippen LogP) is 3.97. The second-order valence-corrected chi connectivity index (χ2v) is 16.5. The van der Waals surface area contributed by atoms with Gasteiger partial charge in [0.15, 0.2) is 18.4 Å². The Labute approximate surface area is 271 Å². The second kappa shape index (κ2) is 14.3. The van der Waals surface area contributed by atoms with Gasteiger partial charge in [-0.2, -0.15) is 0 Å². The summed E-state index contributed by atoms with van der Waals surface area (Å²) < 4.78 is 24.6. The molecule has 12 heteroatoms. The molecule has 2 heterocycles. The van der Waals surface area contributed by atoms with Crippen LogP contribution in [0.25, 0.3) is 0 Å². The van der Waals surface area contributed by atoms with Crippen molar-refractivity contribution in [2.45, 2.75) is 44.2 Å². The number of H-pyrrole nitrogens is 1. The molecule has 0 spiro atoms. The largest absolute Gasteiger partial charge is 0.459 e. The molecule has 4 aromatic rings. The van der Waals surface area contributed by atoms with Crippen molar-refractivity contribution in [3.05, 3.63) is 140 Å². The van der Waals surface area contributed by atoms with E-state index in [9.17, 15) is 24.0 Å². The highest BCUT2D eigenvalue weighted by Gasteiger charge is 2.51. The van der Waals surface area contributed by atoms with Gasteiger partial charge in [0, 0.05) is 6.20 Å². The summed E-state index contributed by atoms with van der Waals surface area (Å²) in [6.45, 7) is 5.56. The van der Waals surface area contributed by atoms with Gasteiger partial charge in [-0.1, -0.05) is 80.2 Å². The molecular weight excluding hydrogens is 620 g/mol. The molecule has 0 bridgehead atoms. The van der Waals surface area contributed by atoms with E-state index in [1.54, 1.807) is 78.9 Å². The molecule has 240 valence electrons. The summed E-state index contributed by atoms with van der Waals surface area (Å²) in [4.78, 5) is 67.8. The van der Waals surface area contributed by atoms with Crippen molar-refractivity contribution in [1.29, 1.82) is 0 Å². The number of carbonyl (C=O) groups excluding carboxylic acids is 3. The first-order valence-corrected chi connectivity index (χ1v) is 18.3. The SMILES string of the molecule is C[Si](C)(C)C#Cc1cn([C@H]2O[C@@H](COC(=O)c3ccccc3)[C@H](OC(=O)c3ccccc3)[C@H]2OC(=O)c2ccccc2)c(=O)[nH]c1=O. The summed E-state index contributed by atoms with van der Waals surface area (Å²) in [7, 11) is -1.93. The number of esters is 3. The summed E-state index contributed by atoms with van der Waals surface area (Å²) in [5.41, 5.74) is 2.16. The molecule has 1 aliphatic heterocycles. The van der Waals surface area contributed by atoms with Gasteiger partial charge in [-0.15, -0.1) is 5.54 Å². The average Bonchev–Trinajstić information content (AvgIpc) is 3.39. The van der Waals surface area contributed by atoms with Crippen LogP contribution in [-0.4, -0.2) is 60.5 Å². The van der Waals surface area contributed by atoms with E-state index < -0.39 is 68.4 Å². The average molecular weight is 653 g/mol. The number of hydrogen-bond donors (Lipinski definition) is 1. The number of benzene rings is 3. The maximum Gasteiger partial charge on any atom is 0.338 e. The van der Waals surface area contributed by atoms with E-state index in [1.165, 1.54) is 18.3 Å². The van der Waals surface area contributed by atoms with E-state index in [4.69, 9.17) is 18.9 Å². The normalized spacial score (nSPS) is 18.8. The summed E-state index contributed by atoms with van der Waals surface area (Å²) in [5.74, 6) is 0.621. The van der Waals surface area contributed by atoms with E-state index in [0.29, 0.717) is 0 Å². The van der Waals surface area contributed by atoms with Crippen LogP contribution >= 0.6 is 0 Å². The smallest absolute Gasteiger partial charge is 0.338 e. The Kier molecular flexibility index (Phi) is 9.99. The molecule has 1 aromatic heterocycles. The van der Waals surface area contributed by atoms with E-state index >= 15 is 0 Å². The third kappa shape index (κ3) is 8.21. The van der Waals surface area contributed by atoms with Gasteiger partial charge in [-0.3, -0.25) is 14.3 Å². The zero-order valence-electron chi connectivity index (χ0n) is 25.9. The molecule has 0 radical (unpaired) electrons. The van der Waals surface area contributed by atoms with E-state index in [1.807, 2.05) is 19.6 Å². The molecule has 1 N–H and O–H groups in total. The Bertz CT molecular complexity index is 1920. The highest BCUT2D eigenvalue weighted by molar-refractivity contribution is 6.83. The number of ether oxygens (including phenoxy) is 4. The maximum atomic E-state index is 13.4. The maximum absolute atomic E-state index is 13.4. The predicted molar refractivity (Wildman–Crippen MR) is 173 cm³/mol. The van der Waals surface area contributed by atoms with Crippen LogP contribution in [0.2, 0.25) is 19.6 Å². The molecule has 0 unspecified atom stereocenters. The first-order chi connectivity index (χ1) is 22.5. The van der Waals surface area contributed by atoms with Crippen molar-refractivity contribution >= 4 is 26.0 Å². The highest BCUT2D eigenvalue weighted by Crippen LogP contribution is 2.35. The third-order valence-electron chi connectivity index (χ3n) is 6.99. The van der Waals surface area contributed by atoms with Crippen LogP contribution in [-0.2, 0) is 18.9 Å². The Morgan fingerprint density at radius 1 is 0.766 bits per heavy atom. The number of aromatic nitrogens is 2. The summed E-state index contributed by atoms with van der Waals surface area (Å²) in [5, 5.41) is 0. The number of carbonyl (C=O) groups is 3. The Morgan fingerprint density at radius 3 is 1.77 bits per heavy atom. The Morgan fingerprint density at radius 2 is 1.26 bits per heavy atom. The molecule has 4 atom stereocenters. The van der Waals surface area contributed by atoms with Crippen molar-refractivity contribution in [1.82, 2.24) is 9.55 Å². The third-order valence-corrected chi connectivity index (χ3v) is 7.87. The molecule has 1 aliphatic rings. The quantitative estimate of drug-likeness (QED) is 0.129. The lowest BCUT2D eigenvalue weighted by Gasteiger charge is -2.25.